The molecular formula is C20H16NO6S-. The molecule has 0 spiro atoms. The average molecular weight is 398 g/mol. The second kappa shape index (κ2) is 8.62. The molecule has 0 saturated carbocycles. The van der Waals surface area contributed by atoms with Crippen molar-refractivity contribution in [1.29, 1.82) is 0 Å². The summed E-state index contributed by atoms with van der Waals surface area (Å²) in [6, 6.07) is 14.0. The van der Waals surface area contributed by atoms with Crippen LogP contribution in [0.3, 0.4) is 0 Å². The number of thioether (sulfide) groups is 1. The summed E-state index contributed by atoms with van der Waals surface area (Å²) < 4.78 is 10.3. The summed E-state index contributed by atoms with van der Waals surface area (Å²) in [6.07, 6.45) is 1.58. The maximum absolute atomic E-state index is 12.6. The molecule has 1 aliphatic rings. The van der Waals surface area contributed by atoms with Gasteiger partial charge in [0.1, 0.15) is 6.61 Å². The summed E-state index contributed by atoms with van der Waals surface area (Å²) in [7, 11) is 1.42. The highest BCUT2D eigenvalue weighted by Gasteiger charge is 2.34. The molecule has 0 unspecified atom stereocenters. The van der Waals surface area contributed by atoms with Gasteiger partial charge in [0, 0.05) is 0 Å². The number of hydrogen-bond acceptors (Lipinski definition) is 7. The highest BCUT2D eigenvalue weighted by Crippen LogP contribution is 2.35. The van der Waals surface area contributed by atoms with E-state index in [2.05, 4.69) is 0 Å². The first-order chi connectivity index (χ1) is 13.5. The smallest absolute Gasteiger partial charge is 0.293 e. The third-order valence-corrected chi connectivity index (χ3v) is 4.80. The molecule has 28 heavy (non-hydrogen) atoms. The summed E-state index contributed by atoms with van der Waals surface area (Å²) in [4.78, 5) is 36.9. The molecule has 0 N–H and O–H groups in total. The summed E-state index contributed by atoms with van der Waals surface area (Å²) in [5.41, 5.74) is 1.48. The molecule has 0 atom stereocenters. The lowest BCUT2D eigenvalue weighted by Crippen LogP contribution is -2.29. The van der Waals surface area contributed by atoms with Gasteiger partial charge in [-0.2, -0.15) is 0 Å². The Bertz CT molecular complexity index is 941. The topological polar surface area (TPSA) is 96.0 Å². The number of imide groups is 1. The Morgan fingerprint density at radius 2 is 1.89 bits per heavy atom. The second-order valence-electron chi connectivity index (χ2n) is 5.82. The number of ether oxygens (including phenoxy) is 2. The molecule has 2 amide bonds. The summed E-state index contributed by atoms with van der Waals surface area (Å²) >= 11 is 0.868. The summed E-state index contributed by atoms with van der Waals surface area (Å²) in [5.74, 6) is -1.17. The van der Waals surface area contributed by atoms with E-state index >= 15 is 0 Å². The van der Waals surface area contributed by atoms with Crippen LogP contribution in [0.25, 0.3) is 6.08 Å². The number of carboxylic acids is 1. The number of nitrogens with zero attached hydrogens (tertiary/aromatic N) is 1. The molecule has 1 fully saturated rings. The van der Waals surface area contributed by atoms with Crippen LogP contribution in [0.4, 0.5) is 4.79 Å². The van der Waals surface area contributed by atoms with Gasteiger partial charge in [0.15, 0.2) is 11.5 Å². The van der Waals surface area contributed by atoms with Gasteiger partial charge in [-0.25, -0.2) is 0 Å². The Labute approximate surface area is 165 Å². The average Bonchev–Trinajstić information content (AvgIpc) is 2.95. The molecule has 0 aromatic heterocycles. The zero-order valence-corrected chi connectivity index (χ0v) is 15.7. The maximum atomic E-state index is 12.6. The van der Waals surface area contributed by atoms with Crippen molar-refractivity contribution in [2.75, 3.05) is 13.7 Å². The lowest BCUT2D eigenvalue weighted by atomic mass is 10.1. The van der Waals surface area contributed by atoms with Gasteiger partial charge in [-0.3, -0.25) is 14.5 Å². The molecule has 2 aromatic carbocycles. The van der Waals surface area contributed by atoms with Gasteiger partial charge in [0.25, 0.3) is 11.1 Å². The van der Waals surface area contributed by atoms with Crippen molar-refractivity contribution in [3.8, 4) is 11.5 Å². The second-order valence-corrected chi connectivity index (χ2v) is 6.82. The van der Waals surface area contributed by atoms with E-state index in [1.165, 1.54) is 18.1 Å². The van der Waals surface area contributed by atoms with E-state index in [0.29, 0.717) is 16.2 Å². The SMILES string of the molecule is COc1cc(/C=C2\SC(=O)N(Cc3ccccc3)C2=O)ccc1OCC(=O)[O-]. The van der Waals surface area contributed by atoms with Gasteiger partial charge in [0.2, 0.25) is 0 Å². The molecular weight excluding hydrogens is 382 g/mol. The Hall–Kier alpha value is -3.26. The molecule has 3 rings (SSSR count). The number of methoxy groups -OCH3 is 1. The van der Waals surface area contributed by atoms with E-state index in [4.69, 9.17) is 9.47 Å². The maximum Gasteiger partial charge on any atom is 0.293 e. The fourth-order valence-electron chi connectivity index (χ4n) is 2.58. The fraction of sp³-hybridized carbons (Fsp3) is 0.150. The standard InChI is InChI=1S/C20H17NO6S/c1-26-16-9-14(7-8-15(16)27-12-18(22)23)10-17-19(24)21(20(25)28-17)11-13-5-3-2-4-6-13/h2-10H,11-12H2,1H3,(H,22,23)/p-1/b17-10-. The highest BCUT2D eigenvalue weighted by atomic mass is 32.2. The minimum Gasteiger partial charge on any atom is -0.546 e. The van der Waals surface area contributed by atoms with Gasteiger partial charge in [-0.1, -0.05) is 36.4 Å². The first kappa shape index (κ1) is 19.5. The molecule has 0 bridgehead atoms. The fourth-order valence-corrected chi connectivity index (χ4v) is 3.42. The van der Waals surface area contributed by atoms with Crippen LogP contribution in [0.15, 0.2) is 53.4 Å². The van der Waals surface area contributed by atoms with Crippen molar-refractivity contribution in [2.24, 2.45) is 0 Å². The Morgan fingerprint density at radius 1 is 1.14 bits per heavy atom. The number of carboxylic acid groups (broad SMARTS) is 1. The van der Waals surface area contributed by atoms with E-state index in [0.717, 1.165) is 17.3 Å². The zero-order valence-electron chi connectivity index (χ0n) is 14.9. The third-order valence-electron chi connectivity index (χ3n) is 3.89. The monoisotopic (exact) mass is 398 g/mol. The van der Waals surface area contributed by atoms with Crippen LogP contribution in [-0.4, -0.2) is 35.7 Å². The van der Waals surface area contributed by atoms with Crippen LogP contribution in [0, 0.1) is 0 Å². The van der Waals surface area contributed by atoms with Gasteiger partial charge in [0.05, 0.1) is 24.5 Å². The summed E-state index contributed by atoms with van der Waals surface area (Å²) in [6.45, 7) is -0.393. The van der Waals surface area contributed by atoms with Crippen molar-refractivity contribution < 1.29 is 29.0 Å². The van der Waals surface area contributed by atoms with E-state index in [1.807, 2.05) is 30.3 Å². The predicted octanol–water partition coefficient (Wildman–Crippen LogP) is 2.06. The normalized spacial score (nSPS) is 15.2. The van der Waals surface area contributed by atoms with Crippen LogP contribution in [-0.2, 0) is 16.1 Å². The predicted molar refractivity (Wildman–Crippen MR) is 101 cm³/mol. The molecule has 1 aliphatic heterocycles. The molecule has 144 valence electrons. The Balaban J connectivity index is 1.78. The molecule has 8 heteroatoms. The number of carbonyl (C=O) groups excluding carboxylic acids is 3. The van der Waals surface area contributed by atoms with Crippen LogP contribution in [0.1, 0.15) is 11.1 Å². The first-order valence-corrected chi connectivity index (χ1v) is 9.09. The highest BCUT2D eigenvalue weighted by molar-refractivity contribution is 8.18. The van der Waals surface area contributed by atoms with Crippen molar-refractivity contribution in [1.82, 2.24) is 4.90 Å². The zero-order chi connectivity index (χ0) is 20.1. The van der Waals surface area contributed by atoms with E-state index < -0.39 is 12.6 Å². The summed E-state index contributed by atoms with van der Waals surface area (Å²) in [5, 5.41) is 10.2. The van der Waals surface area contributed by atoms with Gasteiger partial charge in [-0.15, -0.1) is 0 Å². The third kappa shape index (κ3) is 4.52. The van der Waals surface area contributed by atoms with E-state index in [9.17, 15) is 19.5 Å². The Morgan fingerprint density at radius 3 is 2.57 bits per heavy atom. The molecule has 7 nitrogen and oxygen atoms in total. The minimum atomic E-state index is -1.35. The van der Waals surface area contributed by atoms with Crippen molar-refractivity contribution in [3.05, 3.63) is 64.6 Å². The molecule has 1 heterocycles. The largest absolute Gasteiger partial charge is 0.546 e. The quantitative estimate of drug-likeness (QED) is 0.659. The van der Waals surface area contributed by atoms with Crippen LogP contribution < -0.4 is 14.6 Å². The minimum absolute atomic E-state index is 0.210. The molecule has 0 radical (unpaired) electrons. The van der Waals surface area contributed by atoms with Crippen molar-refractivity contribution >= 4 is 35.0 Å². The van der Waals surface area contributed by atoms with Gasteiger partial charge in [-0.05, 0) is 41.1 Å². The molecule has 2 aromatic rings. The number of benzene rings is 2. The van der Waals surface area contributed by atoms with E-state index in [-0.39, 0.29) is 23.4 Å². The van der Waals surface area contributed by atoms with Gasteiger partial charge >= 0.3 is 0 Å². The lowest BCUT2D eigenvalue weighted by molar-refractivity contribution is -0.307. The number of hydrogen-bond donors (Lipinski definition) is 0. The van der Waals surface area contributed by atoms with Crippen molar-refractivity contribution in [3.63, 3.8) is 0 Å². The van der Waals surface area contributed by atoms with Crippen LogP contribution in [0.5, 0.6) is 11.5 Å². The number of aliphatic carboxylic acids is 1. The number of amides is 2. The lowest BCUT2D eigenvalue weighted by Gasteiger charge is -2.12. The number of rotatable bonds is 7. The van der Waals surface area contributed by atoms with E-state index in [1.54, 1.807) is 18.2 Å². The van der Waals surface area contributed by atoms with Crippen LogP contribution >= 0.6 is 11.8 Å². The van der Waals surface area contributed by atoms with Gasteiger partial charge < -0.3 is 19.4 Å². The molecule has 0 aliphatic carbocycles. The Kier molecular flexibility index (Phi) is 6.00. The number of carbonyl (C=O) groups is 3. The van der Waals surface area contributed by atoms with Crippen molar-refractivity contribution in [2.45, 2.75) is 6.54 Å². The molecule has 1 saturated heterocycles. The first-order valence-electron chi connectivity index (χ1n) is 8.28. The van der Waals surface area contributed by atoms with Crippen LogP contribution in [0.2, 0.25) is 0 Å².